The molecule has 2 amide bonds. The van der Waals surface area contributed by atoms with Crippen LogP contribution < -0.4 is 14.4 Å². The fraction of sp³-hybridized carbons (Fsp3) is 0.462. The largest absolute Gasteiger partial charge is 0.495 e. The van der Waals surface area contributed by atoms with Gasteiger partial charge < -0.3 is 15.0 Å². The van der Waals surface area contributed by atoms with Crippen molar-refractivity contribution in [2.75, 3.05) is 24.2 Å². The third-order valence-electron chi connectivity index (χ3n) is 6.44. The molecule has 0 aliphatic heterocycles. The number of nitrogens with one attached hydrogen (secondary N) is 1. The van der Waals surface area contributed by atoms with Gasteiger partial charge in [-0.15, -0.1) is 0 Å². The van der Waals surface area contributed by atoms with Gasteiger partial charge in [0.25, 0.3) is 0 Å². The Kier molecular flexibility index (Phi) is 9.24. The third-order valence-corrected chi connectivity index (χ3v) is 7.88. The molecule has 0 unspecified atom stereocenters. The fourth-order valence-corrected chi connectivity index (χ4v) is 5.38. The van der Waals surface area contributed by atoms with Crippen molar-refractivity contribution in [3.63, 3.8) is 0 Å². The van der Waals surface area contributed by atoms with E-state index in [-0.39, 0.29) is 29.2 Å². The van der Waals surface area contributed by atoms with Crippen molar-refractivity contribution in [2.45, 2.75) is 58.2 Å². The van der Waals surface area contributed by atoms with Crippen molar-refractivity contribution < 1.29 is 22.7 Å². The molecule has 10 heteroatoms. The summed E-state index contributed by atoms with van der Waals surface area (Å²) >= 11 is 6.22. The molecule has 0 bridgehead atoms. The molecule has 0 aromatic heterocycles. The van der Waals surface area contributed by atoms with Crippen LogP contribution in [0, 0.1) is 6.92 Å². The molecule has 1 aliphatic carbocycles. The van der Waals surface area contributed by atoms with Crippen molar-refractivity contribution in [3.8, 4) is 5.75 Å². The van der Waals surface area contributed by atoms with E-state index in [1.54, 1.807) is 13.0 Å². The number of carbonyl (C=O) groups excluding carboxylic acids is 2. The van der Waals surface area contributed by atoms with E-state index in [4.69, 9.17) is 16.3 Å². The van der Waals surface area contributed by atoms with E-state index in [9.17, 15) is 18.0 Å². The SMILES string of the molecule is COc1ccc(N(CC(=O)N(Cc2ccc(C)cc2)[C@@H](C)C(=O)NC2CCCC2)S(C)(=O)=O)cc1Cl. The van der Waals surface area contributed by atoms with Crippen LogP contribution in [0.3, 0.4) is 0 Å². The summed E-state index contributed by atoms with van der Waals surface area (Å²) in [6.45, 7) is 3.33. The zero-order valence-electron chi connectivity index (χ0n) is 21.2. The van der Waals surface area contributed by atoms with Gasteiger partial charge in [-0.2, -0.15) is 0 Å². The number of amides is 2. The Morgan fingerprint density at radius 2 is 1.78 bits per heavy atom. The van der Waals surface area contributed by atoms with E-state index in [2.05, 4.69) is 5.32 Å². The normalized spacial score (nSPS) is 14.8. The number of hydrogen-bond acceptors (Lipinski definition) is 5. The number of anilines is 1. The molecule has 8 nitrogen and oxygen atoms in total. The molecule has 36 heavy (non-hydrogen) atoms. The van der Waals surface area contributed by atoms with Gasteiger partial charge in [0, 0.05) is 12.6 Å². The van der Waals surface area contributed by atoms with Gasteiger partial charge in [-0.3, -0.25) is 13.9 Å². The minimum atomic E-state index is -3.84. The number of rotatable bonds is 10. The Morgan fingerprint density at radius 3 is 2.33 bits per heavy atom. The van der Waals surface area contributed by atoms with Gasteiger partial charge in [0.2, 0.25) is 21.8 Å². The van der Waals surface area contributed by atoms with Crippen LogP contribution in [0.5, 0.6) is 5.75 Å². The van der Waals surface area contributed by atoms with Gasteiger partial charge in [0.1, 0.15) is 18.3 Å². The van der Waals surface area contributed by atoms with E-state index < -0.39 is 28.5 Å². The van der Waals surface area contributed by atoms with E-state index in [0.29, 0.717) is 5.75 Å². The Balaban J connectivity index is 1.89. The van der Waals surface area contributed by atoms with Gasteiger partial charge in [-0.1, -0.05) is 54.3 Å². The number of halogens is 1. The molecule has 1 fully saturated rings. The van der Waals surface area contributed by atoms with Gasteiger partial charge >= 0.3 is 0 Å². The number of carbonyl (C=O) groups is 2. The summed E-state index contributed by atoms with van der Waals surface area (Å²) in [5.74, 6) is -0.360. The first kappa shape index (κ1) is 27.8. The van der Waals surface area contributed by atoms with E-state index in [0.717, 1.165) is 47.4 Å². The number of sulfonamides is 1. The zero-order valence-corrected chi connectivity index (χ0v) is 22.7. The van der Waals surface area contributed by atoms with Crippen LogP contribution in [-0.2, 0) is 26.2 Å². The van der Waals surface area contributed by atoms with Crippen LogP contribution >= 0.6 is 11.6 Å². The highest BCUT2D eigenvalue weighted by molar-refractivity contribution is 7.92. The van der Waals surface area contributed by atoms with E-state index in [1.807, 2.05) is 31.2 Å². The first-order valence-corrected chi connectivity index (χ1v) is 14.2. The number of nitrogens with zero attached hydrogens (tertiary/aromatic N) is 2. The summed E-state index contributed by atoms with van der Waals surface area (Å²) in [5, 5.41) is 3.27. The molecule has 1 aliphatic rings. The van der Waals surface area contributed by atoms with Crippen LogP contribution in [0.25, 0.3) is 0 Å². The highest BCUT2D eigenvalue weighted by atomic mass is 35.5. The lowest BCUT2D eigenvalue weighted by Gasteiger charge is -2.32. The minimum Gasteiger partial charge on any atom is -0.495 e. The summed E-state index contributed by atoms with van der Waals surface area (Å²) in [6, 6.07) is 11.5. The second-order valence-corrected chi connectivity index (χ2v) is 11.6. The molecule has 1 saturated carbocycles. The predicted octanol–water partition coefficient (Wildman–Crippen LogP) is 3.90. The predicted molar refractivity (Wildman–Crippen MR) is 142 cm³/mol. The van der Waals surface area contributed by atoms with Gasteiger partial charge in [-0.05, 0) is 50.5 Å². The van der Waals surface area contributed by atoms with Gasteiger partial charge in [0.15, 0.2) is 0 Å². The highest BCUT2D eigenvalue weighted by Crippen LogP contribution is 2.30. The molecule has 2 aromatic rings. The molecule has 0 saturated heterocycles. The quantitative estimate of drug-likeness (QED) is 0.498. The van der Waals surface area contributed by atoms with Gasteiger partial charge in [0.05, 0.1) is 24.1 Å². The number of benzene rings is 2. The lowest BCUT2D eigenvalue weighted by molar-refractivity contribution is -0.139. The Hall–Kier alpha value is -2.78. The lowest BCUT2D eigenvalue weighted by atomic mass is 10.1. The highest BCUT2D eigenvalue weighted by Gasteiger charge is 2.31. The van der Waals surface area contributed by atoms with E-state index in [1.165, 1.54) is 24.1 Å². The zero-order chi connectivity index (χ0) is 26.5. The molecule has 0 heterocycles. The Bertz CT molecular complexity index is 1180. The van der Waals surface area contributed by atoms with Crippen LogP contribution in [0.4, 0.5) is 5.69 Å². The first-order chi connectivity index (χ1) is 17.0. The number of methoxy groups -OCH3 is 1. The molecular weight excluding hydrogens is 502 g/mol. The van der Waals surface area contributed by atoms with Crippen molar-refractivity contribution in [1.82, 2.24) is 10.2 Å². The molecule has 2 aromatic carbocycles. The average molecular weight is 536 g/mol. The standard InChI is InChI=1S/C26H34ClN3O5S/c1-18-9-11-20(12-10-18)16-29(19(2)26(32)28-21-7-5-6-8-21)25(31)17-30(36(4,33)34)22-13-14-24(35-3)23(27)15-22/h9-15,19,21H,5-8,16-17H2,1-4H3,(H,28,32)/t19-/m0/s1. The summed E-state index contributed by atoms with van der Waals surface area (Å²) in [4.78, 5) is 28.1. The Labute approximate surface area is 218 Å². The molecule has 196 valence electrons. The van der Waals surface area contributed by atoms with Crippen LogP contribution in [-0.4, -0.2) is 57.1 Å². The summed E-state index contributed by atoms with van der Waals surface area (Å²) in [7, 11) is -2.38. The van der Waals surface area contributed by atoms with Crippen LogP contribution in [0.2, 0.25) is 5.02 Å². The lowest BCUT2D eigenvalue weighted by Crippen LogP contribution is -2.52. The van der Waals surface area contributed by atoms with Crippen LogP contribution in [0.1, 0.15) is 43.7 Å². The maximum absolute atomic E-state index is 13.6. The average Bonchev–Trinajstić information content (AvgIpc) is 3.33. The van der Waals surface area contributed by atoms with E-state index >= 15 is 0 Å². The second kappa shape index (κ2) is 12.0. The number of hydrogen-bond donors (Lipinski definition) is 1. The molecule has 1 atom stereocenters. The summed E-state index contributed by atoms with van der Waals surface area (Å²) < 4.78 is 31.5. The van der Waals surface area contributed by atoms with Crippen molar-refractivity contribution >= 4 is 39.1 Å². The molecule has 3 rings (SSSR count). The molecule has 1 N–H and O–H groups in total. The molecular formula is C26H34ClN3O5S. The number of aryl methyl sites for hydroxylation is 1. The monoisotopic (exact) mass is 535 g/mol. The van der Waals surface area contributed by atoms with Gasteiger partial charge in [-0.25, -0.2) is 8.42 Å². The fourth-order valence-electron chi connectivity index (χ4n) is 4.29. The minimum absolute atomic E-state index is 0.102. The topological polar surface area (TPSA) is 96.0 Å². The van der Waals surface area contributed by atoms with Crippen molar-refractivity contribution in [1.29, 1.82) is 0 Å². The Morgan fingerprint density at radius 1 is 1.14 bits per heavy atom. The molecule has 0 spiro atoms. The van der Waals surface area contributed by atoms with Crippen molar-refractivity contribution in [3.05, 3.63) is 58.6 Å². The summed E-state index contributed by atoms with van der Waals surface area (Å²) in [6.07, 6.45) is 5.01. The first-order valence-electron chi connectivity index (χ1n) is 12.0. The maximum atomic E-state index is 13.6. The van der Waals surface area contributed by atoms with Crippen molar-refractivity contribution in [2.24, 2.45) is 0 Å². The third kappa shape index (κ3) is 7.13. The second-order valence-electron chi connectivity index (χ2n) is 9.26. The van der Waals surface area contributed by atoms with Crippen LogP contribution in [0.15, 0.2) is 42.5 Å². The number of ether oxygens (including phenoxy) is 1. The maximum Gasteiger partial charge on any atom is 0.244 e. The molecule has 0 radical (unpaired) electrons. The smallest absolute Gasteiger partial charge is 0.244 e. The summed E-state index contributed by atoms with van der Waals surface area (Å²) in [5.41, 5.74) is 2.14.